The van der Waals surface area contributed by atoms with Gasteiger partial charge in [-0.2, -0.15) is 0 Å². The fourth-order valence-corrected chi connectivity index (χ4v) is 1.72. The Balaban J connectivity index is 2.68. The fraction of sp³-hybridized carbons (Fsp3) is 0.462. The van der Waals surface area contributed by atoms with E-state index < -0.39 is 5.97 Å². The molecule has 0 aliphatic carbocycles. The SMILES string of the molecule is CNCc1cccc(Cl)c1OCC(=O)OC(C)C. The number of benzene rings is 1. The topological polar surface area (TPSA) is 47.6 Å². The van der Waals surface area contributed by atoms with Crippen molar-refractivity contribution in [1.29, 1.82) is 0 Å². The number of para-hydroxylation sites is 1. The molecule has 5 heteroatoms. The Kier molecular flexibility index (Phi) is 5.95. The lowest BCUT2D eigenvalue weighted by Crippen LogP contribution is -2.19. The fourth-order valence-electron chi connectivity index (χ4n) is 1.47. The number of carbonyl (C=O) groups excluding carboxylic acids is 1. The summed E-state index contributed by atoms with van der Waals surface area (Å²) in [5, 5.41) is 3.50. The van der Waals surface area contributed by atoms with Crippen molar-refractivity contribution >= 4 is 17.6 Å². The third-order valence-corrected chi connectivity index (χ3v) is 2.41. The zero-order valence-corrected chi connectivity index (χ0v) is 11.6. The monoisotopic (exact) mass is 271 g/mol. The molecule has 0 heterocycles. The molecule has 0 atom stereocenters. The molecule has 0 aliphatic heterocycles. The normalized spacial score (nSPS) is 10.5. The average molecular weight is 272 g/mol. The summed E-state index contributed by atoms with van der Waals surface area (Å²) in [5.74, 6) is 0.120. The molecule has 0 unspecified atom stereocenters. The van der Waals surface area contributed by atoms with E-state index in [1.807, 2.05) is 19.2 Å². The highest BCUT2D eigenvalue weighted by Gasteiger charge is 2.11. The van der Waals surface area contributed by atoms with Crippen LogP contribution in [0.3, 0.4) is 0 Å². The zero-order chi connectivity index (χ0) is 13.5. The van der Waals surface area contributed by atoms with Crippen molar-refractivity contribution in [3.8, 4) is 5.75 Å². The number of nitrogens with one attached hydrogen (secondary N) is 1. The maximum Gasteiger partial charge on any atom is 0.344 e. The Morgan fingerprint density at radius 1 is 1.44 bits per heavy atom. The second-order valence-corrected chi connectivity index (χ2v) is 4.49. The summed E-state index contributed by atoms with van der Waals surface area (Å²) in [6.45, 7) is 4.06. The summed E-state index contributed by atoms with van der Waals surface area (Å²) < 4.78 is 10.4. The van der Waals surface area contributed by atoms with Crippen LogP contribution in [-0.4, -0.2) is 25.7 Å². The second-order valence-electron chi connectivity index (χ2n) is 4.09. The van der Waals surface area contributed by atoms with Gasteiger partial charge in [0.1, 0.15) is 5.75 Å². The van der Waals surface area contributed by atoms with Crippen LogP contribution in [-0.2, 0) is 16.1 Å². The van der Waals surface area contributed by atoms with Gasteiger partial charge in [-0.1, -0.05) is 23.7 Å². The predicted octanol–water partition coefficient (Wildman–Crippen LogP) is 2.39. The molecule has 0 aromatic heterocycles. The number of halogens is 1. The molecule has 0 saturated carbocycles. The van der Waals surface area contributed by atoms with Gasteiger partial charge in [0.2, 0.25) is 0 Å². The minimum absolute atomic E-state index is 0.140. The first-order valence-corrected chi connectivity index (χ1v) is 6.16. The molecule has 0 amide bonds. The van der Waals surface area contributed by atoms with Gasteiger partial charge in [0.05, 0.1) is 11.1 Å². The van der Waals surface area contributed by atoms with Crippen molar-refractivity contribution < 1.29 is 14.3 Å². The first kappa shape index (κ1) is 14.8. The molecule has 100 valence electrons. The summed E-state index contributed by atoms with van der Waals surface area (Å²) in [7, 11) is 1.83. The minimum Gasteiger partial charge on any atom is -0.480 e. The van der Waals surface area contributed by atoms with E-state index in [1.54, 1.807) is 19.9 Å². The van der Waals surface area contributed by atoms with Crippen molar-refractivity contribution in [2.45, 2.75) is 26.5 Å². The Morgan fingerprint density at radius 2 is 2.17 bits per heavy atom. The van der Waals surface area contributed by atoms with Gasteiger partial charge in [-0.15, -0.1) is 0 Å². The van der Waals surface area contributed by atoms with Crippen molar-refractivity contribution in [2.75, 3.05) is 13.7 Å². The molecule has 0 fully saturated rings. The van der Waals surface area contributed by atoms with Crippen LogP contribution in [0.2, 0.25) is 5.02 Å². The maximum absolute atomic E-state index is 11.4. The lowest BCUT2D eigenvalue weighted by atomic mass is 10.2. The molecule has 1 aromatic rings. The highest BCUT2D eigenvalue weighted by atomic mass is 35.5. The highest BCUT2D eigenvalue weighted by Crippen LogP contribution is 2.28. The molecule has 1 rings (SSSR count). The van der Waals surface area contributed by atoms with E-state index in [0.29, 0.717) is 17.3 Å². The van der Waals surface area contributed by atoms with Gasteiger partial charge in [-0.25, -0.2) is 4.79 Å². The number of hydrogen-bond acceptors (Lipinski definition) is 4. The molecular formula is C13H18ClNO3. The predicted molar refractivity (Wildman–Crippen MR) is 70.9 cm³/mol. The van der Waals surface area contributed by atoms with Gasteiger partial charge >= 0.3 is 5.97 Å². The van der Waals surface area contributed by atoms with Crippen molar-refractivity contribution in [3.05, 3.63) is 28.8 Å². The van der Waals surface area contributed by atoms with E-state index in [-0.39, 0.29) is 12.7 Å². The van der Waals surface area contributed by atoms with Crippen LogP contribution < -0.4 is 10.1 Å². The van der Waals surface area contributed by atoms with Crippen molar-refractivity contribution in [3.63, 3.8) is 0 Å². The van der Waals surface area contributed by atoms with Gasteiger partial charge in [0.15, 0.2) is 6.61 Å². The molecule has 0 bridgehead atoms. The van der Waals surface area contributed by atoms with E-state index in [9.17, 15) is 4.79 Å². The van der Waals surface area contributed by atoms with Gasteiger partial charge in [-0.05, 0) is 27.0 Å². The average Bonchev–Trinajstić information content (AvgIpc) is 2.27. The van der Waals surface area contributed by atoms with E-state index >= 15 is 0 Å². The van der Waals surface area contributed by atoms with Gasteiger partial charge in [-0.3, -0.25) is 0 Å². The zero-order valence-electron chi connectivity index (χ0n) is 10.8. The van der Waals surface area contributed by atoms with Crippen molar-refractivity contribution in [2.24, 2.45) is 0 Å². The first-order valence-electron chi connectivity index (χ1n) is 5.79. The van der Waals surface area contributed by atoms with E-state index in [0.717, 1.165) is 5.56 Å². The van der Waals surface area contributed by atoms with Gasteiger partial charge < -0.3 is 14.8 Å². The van der Waals surface area contributed by atoms with Gasteiger partial charge in [0.25, 0.3) is 0 Å². The smallest absolute Gasteiger partial charge is 0.344 e. The third-order valence-electron chi connectivity index (χ3n) is 2.12. The molecule has 1 aromatic carbocycles. The summed E-state index contributed by atoms with van der Waals surface area (Å²) in [6, 6.07) is 5.46. The summed E-state index contributed by atoms with van der Waals surface area (Å²) in [5.41, 5.74) is 0.905. The summed E-state index contributed by atoms with van der Waals surface area (Å²) >= 11 is 6.05. The molecule has 0 aliphatic rings. The number of rotatable bonds is 6. The van der Waals surface area contributed by atoms with E-state index in [2.05, 4.69) is 5.32 Å². The second kappa shape index (κ2) is 7.24. The van der Waals surface area contributed by atoms with Crippen LogP contribution in [0.25, 0.3) is 0 Å². The van der Waals surface area contributed by atoms with Crippen LogP contribution in [0, 0.1) is 0 Å². The molecular weight excluding hydrogens is 254 g/mol. The molecule has 0 spiro atoms. The lowest BCUT2D eigenvalue weighted by molar-refractivity contribution is -0.149. The number of carbonyl (C=O) groups is 1. The third kappa shape index (κ3) is 4.55. The summed E-state index contributed by atoms with van der Waals surface area (Å²) in [6.07, 6.45) is -0.149. The van der Waals surface area contributed by atoms with Crippen molar-refractivity contribution in [1.82, 2.24) is 5.32 Å². The van der Waals surface area contributed by atoms with E-state index in [1.165, 1.54) is 0 Å². The van der Waals surface area contributed by atoms with Gasteiger partial charge in [0, 0.05) is 12.1 Å². The minimum atomic E-state index is -0.402. The Hall–Kier alpha value is -1.26. The quantitative estimate of drug-likeness (QED) is 0.807. The molecule has 0 saturated heterocycles. The largest absolute Gasteiger partial charge is 0.480 e. The first-order chi connectivity index (χ1) is 8.54. The number of ether oxygens (including phenoxy) is 2. The van der Waals surface area contributed by atoms with Crippen LogP contribution in [0.5, 0.6) is 5.75 Å². The Morgan fingerprint density at radius 3 is 2.78 bits per heavy atom. The molecule has 18 heavy (non-hydrogen) atoms. The Bertz CT molecular complexity index is 407. The van der Waals surface area contributed by atoms with Crippen LogP contribution in [0.15, 0.2) is 18.2 Å². The molecule has 0 radical (unpaired) electrons. The standard InChI is InChI=1S/C13H18ClNO3/c1-9(2)18-12(16)8-17-13-10(7-15-3)5-4-6-11(13)14/h4-6,9,15H,7-8H2,1-3H3. The number of esters is 1. The Labute approximate surface area is 112 Å². The van der Waals surface area contributed by atoms with Crippen LogP contribution in [0.4, 0.5) is 0 Å². The van der Waals surface area contributed by atoms with E-state index in [4.69, 9.17) is 21.1 Å². The lowest BCUT2D eigenvalue weighted by Gasteiger charge is -2.13. The summed E-state index contributed by atoms with van der Waals surface area (Å²) in [4.78, 5) is 11.4. The number of hydrogen-bond donors (Lipinski definition) is 1. The van der Waals surface area contributed by atoms with Crippen LogP contribution >= 0.6 is 11.6 Å². The highest BCUT2D eigenvalue weighted by molar-refractivity contribution is 6.32. The molecule has 1 N–H and O–H groups in total. The molecule has 4 nitrogen and oxygen atoms in total. The maximum atomic E-state index is 11.4. The van der Waals surface area contributed by atoms with Crippen LogP contribution in [0.1, 0.15) is 19.4 Å².